The van der Waals surface area contributed by atoms with Crippen molar-refractivity contribution in [1.29, 1.82) is 0 Å². The molecule has 0 fully saturated rings. The van der Waals surface area contributed by atoms with Crippen molar-refractivity contribution in [2.24, 2.45) is 0 Å². The molecule has 0 aliphatic rings. The van der Waals surface area contributed by atoms with Crippen LogP contribution in [0.4, 0.5) is 0 Å². The number of halogens is 1. The van der Waals surface area contributed by atoms with Gasteiger partial charge in [0.25, 0.3) is 0 Å². The molecule has 1 rings (SSSR count). The fraction of sp³-hybridized carbons (Fsp3) is 0.400. The number of methoxy groups -OCH3 is 1. The second-order valence-corrected chi connectivity index (χ2v) is 4.50. The first-order valence-electron chi connectivity index (χ1n) is 6.58. The van der Waals surface area contributed by atoms with Crippen LogP contribution < -0.4 is 14.8 Å². The Bertz CT molecular complexity index is 486. The van der Waals surface area contributed by atoms with Crippen LogP contribution in [0.3, 0.4) is 0 Å². The topological polar surface area (TPSA) is 47.6 Å². The molecular weight excluding hydrogens is 278 g/mol. The molecule has 0 aromatic heterocycles. The van der Waals surface area contributed by atoms with Crippen molar-refractivity contribution in [2.75, 3.05) is 20.3 Å². The highest BCUT2D eigenvalue weighted by molar-refractivity contribution is 6.32. The molecule has 20 heavy (non-hydrogen) atoms. The standard InChI is InChI=1S/C15H20ClNO3/c1-4-8-17-14(18)7-6-11-9-12(16)15(20-5-2)13(10-11)19-3/h6-7,9-10H,4-5,8H2,1-3H3,(H,17,18)/b7-6+. The van der Waals surface area contributed by atoms with E-state index in [0.29, 0.717) is 29.7 Å². The second kappa shape index (κ2) is 8.48. The first kappa shape index (κ1) is 16.4. The van der Waals surface area contributed by atoms with E-state index in [1.165, 1.54) is 6.08 Å². The summed E-state index contributed by atoms with van der Waals surface area (Å²) in [7, 11) is 1.55. The molecule has 1 amide bonds. The summed E-state index contributed by atoms with van der Waals surface area (Å²) in [6.07, 6.45) is 4.07. The summed E-state index contributed by atoms with van der Waals surface area (Å²) in [6.45, 7) is 5.05. The van der Waals surface area contributed by atoms with E-state index >= 15 is 0 Å². The van der Waals surface area contributed by atoms with Crippen molar-refractivity contribution >= 4 is 23.6 Å². The number of amides is 1. The summed E-state index contributed by atoms with van der Waals surface area (Å²) in [5, 5.41) is 3.22. The predicted molar refractivity (Wildman–Crippen MR) is 81.5 cm³/mol. The summed E-state index contributed by atoms with van der Waals surface area (Å²) in [4.78, 5) is 11.5. The summed E-state index contributed by atoms with van der Waals surface area (Å²) in [5.74, 6) is 0.938. The van der Waals surface area contributed by atoms with E-state index in [1.54, 1.807) is 25.3 Å². The molecule has 110 valence electrons. The summed E-state index contributed by atoms with van der Waals surface area (Å²) >= 11 is 6.15. The first-order chi connectivity index (χ1) is 9.62. The highest BCUT2D eigenvalue weighted by Crippen LogP contribution is 2.36. The molecule has 0 saturated carbocycles. The molecule has 1 aromatic carbocycles. The Morgan fingerprint density at radius 3 is 2.75 bits per heavy atom. The molecule has 1 N–H and O–H groups in total. The van der Waals surface area contributed by atoms with Gasteiger partial charge in [-0.15, -0.1) is 0 Å². The Labute approximate surface area is 124 Å². The van der Waals surface area contributed by atoms with Gasteiger partial charge < -0.3 is 14.8 Å². The molecule has 0 heterocycles. The molecule has 0 aliphatic heterocycles. The maximum absolute atomic E-state index is 11.5. The molecule has 0 aliphatic carbocycles. The predicted octanol–water partition coefficient (Wildman–Crippen LogP) is 3.29. The van der Waals surface area contributed by atoms with Crippen LogP contribution in [0, 0.1) is 0 Å². The van der Waals surface area contributed by atoms with E-state index in [1.807, 2.05) is 13.8 Å². The SMILES string of the molecule is CCCNC(=O)/C=C/c1cc(Cl)c(OCC)c(OC)c1. The van der Waals surface area contributed by atoms with Crippen molar-refractivity contribution in [2.45, 2.75) is 20.3 Å². The third-order valence-electron chi connectivity index (χ3n) is 2.52. The number of nitrogens with one attached hydrogen (secondary N) is 1. The van der Waals surface area contributed by atoms with Crippen molar-refractivity contribution in [3.8, 4) is 11.5 Å². The molecule has 0 bridgehead atoms. The van der Waals surface area contributed by atoms with E-state index < -0.39 is 0 Å². The number of hydrogen-bond donors (Lipinski definition) is 1. The smallest absolute Gasteiger partial charge is 0.243 e. The molecule has 0 unspecified atom stereocenters. The zero-order valence-electron chi connectivity index (χ0n) is 12.0. The van der Waals surface area contributed by atoms with Gasteiger partial charge in [0.15, 0.2) is 11.5 Å². The summed E-state index contributed by atoms with van der Waals surface area (Å²) in [5.41, 5.74) is 0.780. The second-order valence-electron chi connectivity index (χ2n) is 4.09. The molecule has 0 spiro atoms. The Hall–Kier alpha value is -1.68. The lowest BCUT2D eigenvalue weighted by Crippen LogP contribution is -2.21. The maximum Gasteiger partial charge on any atom is 0.243 e. The quantitative estimate of drug-likeness (QED) is 0.786. The lowest BCUT2D eigenvalue weighted by molar-refractivity contribution is -0.116. The van der Waals surface area contributed by atoms with Gasteiger partial charge in [-0.25, -0.2) is 0 Å². The normalized spacial score (nSPS) is 10.6. The van der Waals surface area contributed by atoms with Crippen molar-refractivity contribution in [3.05, 3.63) is 28.8 Å². The van der Waals surface area contributed by atoms with Crippen LogP contribution >= 0.6 is 11.6 Å². The third kappa shape index (κ3) is 4.78. The number of carbonyl (C=O) groups is 1. The largest absolute Gasteiger partial charge is 0.493 e. The minimum Gasteiger partial charge on any atom is -0.493 e. The average Bonchev–Trinajstić information content (AvgIpc) is 2.45. The average molecular weight is 298 g/mol. The van der Waals surface area contributed by atoms with Gasteiger partial charge in [0.2, 0.25) is 5.91 Å². The fourth-order valence-electron chi connectivity index (χ4n) is 1.60. The fourth-order valence-corrected chi connectivity index (χ4v) is 1.87. The van der Waals surface area contributed by atoms with Crippen LogP contribution in [-0.4, -0.2) is 26.2 Å². The number of rotatable bonds is 7. The number of hydrogen-bond acceptors (Lipinski definition) is 3. The minimum absolute atomic E-state index is 0.129. The molecule has 4 nitrogen and oxygen atoms in total. The minimum atomic E-state index is -0.129. The highest BCUT2D eigenvalue weighted by Gasteiger charge is 2.10. The van der Waals surface area contributed by atoms with Crippen LogP contribution in [0.1, 0.15) is 25.8 Å². The summed E-state index contributed by atoms with van der Waals surface area (Å²) in [6, 6.07) is 3.51. The number of carbonyl (C=O) groups excluding carboxylic acids is 1. The van der Waals surface area contributed by atoms with Gasteiger partial charge in [-0.05, 0) is 37.1 Å². The lowest BCUT2D eigenvalue weighted by atomic mass is 10.2. The van der Waals surface area contributed by atoms with Crippen LogP contribution in [0.5, 0.6) is 11.5 Å². The van der Waals surface area contributed by atoms with E-state index in [2.05, 4.69) is 5.32 Å². The van der Waals surface area contributed by atoms with E-state index in [4.69, 9.17) is 21.1 Å². The zero-order valence-corrected chi connectivity index (χ0v) is 12.8. The Balaban J connectivity index is 2.89. The molecular formula is C15H20ClNO3. The first-order valence-corrected chi connectivity index (χ1v) is 6.96. The molecule has 0 saturated heterocycles. The van der Waals surface area contributed by atoms with Crippen LogP contribution in [0.25, 0.3) is 6.08 Å². The Morgan fingerprint density at radius 1 is 1.40 bits per heavy atom. The van der Waals surface area contributed by atoms with Crippen LogP contribution in [0.2, 0.25) is 5.02 Å². The van der Waals surface area contributed by atoms with Crippen molar-refractivity contribution in [1.82, 2.24) is 5.32 Å². The van der Waals surface area contributed by atoms with E-state index in [-0.39, 0.29) is 5.91 Å². The van der Waals surface area contributed by atoms with Crippen LogP contribution in [-0.2, 0) is 4.79 Å². The van der Waals surface area contributed by atoms with Crippen molar-refractivity contribution < 1.29 is 14.3 Å². The number of ether oxygens (including phenoxy) is 2. The van der Waals surface area contributed by atoms with Gasteiger partial charge in [0.1, 0.15) is 0 Å². The van der Waals surface area contributed by atoms with Gasteiger partial charge >= 0.3 is 0 Å². The zero-order chi connectivity index (χ0) is 15.0. The Morgan fingerprint density at radius 2 is 2.15 bits per heavy atom. The molecule has 1 aromatic rings. The monoisotopic (exact) mass is 297 g/mol. The van der Waals surface area contributed by atoms with Gasteiger partial charge in [0, 0.05) is 12.6 Å². The molecule has 0 radical (unpaired) electrons. The highest BCUT2D eigenvalue weighted by atomic mass is 35.5. The summed E-state index contributed by atoms with van der Waals surface area (Å²) < 4.78 is 10.7. The molecule has 5 heteroatoms. The van der Waals surface area contributed by atoms with Crippen LogP contribution in [0.15, 0.2) is 18.2 Å². The van der Waals surface area contributed by atoms with Crippen molar-refractivity contribution in [3.63, 3.8) is 0 Å². The van der Waals surface area contributed by atoms with Gasteiger partial charge in [-0.3, -0.25) is 4.79 Å². The third-order valence-corrected chi connectivity index (χ3v) is 2.80. The Kier molecular flexibility index (Phi) is 6.94. The van der Waals surface area contributed by atoms with E-state index in [0.717, 1.165) is 12.0 Å². The van der Waals surface area contributed by atoms with Gasteiger partial charge in [0.05, 0.1) is 18.7 Å². The van der Waals surface area contributed by atoms with E-state index in [9.17, 15) is 4.79 Å². The van der Waals surface area contributed by atoms with Gasteiger partial charge in [-0.1, -0.05) is 18.5 Å². The maximum atomic E-state index is 11.5. The molecule has 0 atom stereocenters. The lowest BCUT2D eigenvalue weighted by Gasteiger charge is -2.11. The van der Waals surface area contributed by atoms with Gasteiger partial charge in [-0.2, -0.15) is 0 Å². The number of benzene rings is 1.